The molecule has 284 valence electrons. The predicted octanol–water partition coefficient (Wildman–Crippen LogP) is 14.1. The van der Waals surface area contributed by atoms with Crippen LogP contribution in [0.1, 0.15) is 63.8 Å². The van der Waals surface area contributed by atoms with Gasteiger partial charge in [-0.05, 0) is 125 Å². The number of pyridine rings is 1. The lowest BCUT2D eigenvalue weighted by Gasteiger charge is -2.25. The minimum Gasteiger partial charge on any atom is -0.457 e. The van der Waals surface area contributed by atoms with Crippen LogP contribution in [0.3, 0.4) is 0 Å². The SMILES string of the molecule is Cc1cc2c(cc1C)N(c1cccc(C(C)(C)C)c1)CN2c1cc(Oc2ccc3c4ccccc4n(-c4cc(C(C)(C)C)ccn4)c3c2)cc(-c2ccccc2)c1. The second kappa shape index (κ2) is 13.7. The van der Waals surface area contributed by atoms with E-state index in [1.54, 1.807) is 0 Å². The molecule has 0 amide bonds. The molecule has 0 N–H and O–H groups in total. The summed E-state index contributed by atoms with van der Waals surface area (Å²) in [5.41, 5.74) is 14.2. The topological polar surface area (TPSA) is 33.5 Å². The molecule has 0 aliphatic carbocycles. The Kier molecular flexibility index (Phi) is 8.73. The molecule has 0 unspecified atom stereocenters. The molecule has 5 nitrogen and oxygen atoms in total. The number of benzene rings is 6. The summed E-state index contributed by atoms with van der Waals surface area (Å²) < 4.78 is 9.21. The lowest BCUT2D eigenvalue weighted by atomic mass is 9.87. The summed E-state index contributed by atoms with van der Waals surface area (Å²) in [7, 11) is 0. The Morgan fingerprint density at radius 2 is 1.18 bits per heavy atom. The second-order valence-corrected chi connectivity index (χ2v) is 17.6. The van der Waals surface area contributed by atoms with E-state index in [1.807, 2.05) is 6.20 Å². The second-order valence-electron chi connectivity index (χ2n) is 17.6. The third kappa shape index (κ3) is 6.71. The minimum atomic E-state index is -0.00687. The monoisotopic (exact) mass is 746 g/mol. The maximum absolute atomic E-state index is 6.94. The van der Waals surface area contributed by atoms with Crippen LogP contribution in [0.25, 0.3) is 38.8 Å². The Hall–Kier alpha value is -6.33. The van der Waals surface area contributed by atoms with Gasteiger partial charge in [-0.15, -0.1) is 0 Å². The van der Waals surface area contributed by atoms with E-state index in [-0.39, 0.29) is 10.8 Å². The third-order valence-electron chi connectivity index (χ3n) is 11.5. The van der Waals surface area contributed by atoms with E-state index in [9.17, 15) is 0 Å². The van der Waals surface area contributed by atoms with Crippen molar-refractivity contribution in [2.24, 2.45) is 0 Å². The van der Waals surface area contributed by atoms with Crippen LogP contribution in [0.4, 0.5) is 22.7 Å². The number of anilines is 4. The number of hydrogen-bond donors (Lipinski definition) is 0. The van der Waals surface area contributed by atoms with Crippen LogP contribution in [-0.2, 0) is 10.8 Å². The molecule has 1 aliphatic heterocycles. The first-order valence-electron chi connectivity index (χ1n) is 20.0. The van der Waals surface area contributed by atoms with Crippen molar-refractivity contribution in [3.8, 4) is 28.4 Å². The molecule has 1 aliphatic rings. The zero-order valence-electron chi connectivity index (χ0n) is 34.3. The third-order valence-corrected chi connectivity index (χ3v) is 11.5. The van der Waals surface area contributed by atoms with Crippen molar-refractivity contribution in [1.82, 2.24) is 9.55 Å². The van der Waals surface area contributed by atoms with Gasteiger partial charge in [-0.3, -0.25) is 4.57 Å². The van der Waals surface area contributed by atoms with Crippen molar-refractivity contribution in [3.05, 3.63) is 168 Å². The number of nitrogens with zero attached hydrogens (tertiary/aromatic N) is 4. The van der Waals surface area contributed by atoms with Crippen LogP contribution >= 0.6 is 0 Å². The molecule has 0 saturated carbocycles. The normalized spacial score (nSPS) is 13.1. The fraction of sp³-hybridized carbons (Fsp3) is 0.212. The average Bonchev–Trinajstić information content (AvgIpc) is 3.73. The van der Waals surface area contributed by atoms with Gasteiger partial charge in [0.1, 0.15) is 24.0 Å². The zero-order chi connectivity index (χ0) is 39.6. The van der Waals surface area contributed by atoms with Gasteiger partial charge >= 0.3 is 0 Å². The molecule has 3 heterocycles. The molecule has 0 atom stereocenters. The first kappa shape index (κ1) is 36.3. The van der Waals surface area contributed by atoms with Gasteiger partial charge in [0, 0.05) is 40.5 Å². The molecule has 0 saturated heterocycles. The summed E-state index contributed by atoms with van der Waals surface area (Å²) in [5, 5.41) is 2.35. The lowest BCUT2D eigenvalue weighted by molar-refractivity contribution is 0.483. The summed E-state index contributed by atoms with van der Waals surface area (Å²) in [6.45, 7) is 18.6. The van der Waals surface area contributed by atoms with E-state index in [2.05, 4.69) is 209 Å². The van der Waals surface area contributed by atoms with Crippen molar-refractivity contribution < 1.29 is 4.74 Å². The molecule has 8 aromatic rings. The van der Waals surface area contributed by atoms with Crippen LogP contribution in [0, 0.1) is 13.8 Å². The number of aromatic nitrogens is 2. The molecule has 0 radical (unpaired) electrons. The minimum absolute atomic E-state index is 0.00687. The van der Waals surface area contributed by atoms with Gasteiger partial charge in [0.05, 0.1) is 22.4 Å². The number of hydrogen-bond acceptors (Lipinski definition) is 4. The van der Waals surface area contributed by atoms with E-state index in [4.69, 9.17) is 9.72 Å². The standard InChI is InChI=1S/C52H50N4O/c1-34-25-48-49(26-35(34)2)55(33-54(48)40-18-14-17-38(29-40)51(3,4)5)41-27-37(36-15-10-9-11-16-36)28-43(31-41)57-42-21-22-45-44-19-12-13-20-46(44)56(47(45)32-42)50-30-39(23-24-53-50)52(6,7)8/h9-32H,33H2,1-8H3. The van der Waals surface area contributed by atoms with E-state index in [1.165, 1.54) is 44.7 Å². The van der Waals surface area contributed by atoms with Crippen LogP contribution in [-0.4, -0.2) is 16.2 Å². The lowest BCUT2D eigenvalue weighted by Crippen LogP contribution is -2.24. The van der Waals surface area contributed by atoms with Crippen LogP contribution < -0.4 is 14.5 Å². The first-order valence-corrected chi connectivity index (χ1v) is 20.0. The van der Waals surface area contributed by atoms with E-state index < -0.39 is 0 Å². The average molecular weight is 747 g/mol. The van der Waals surface area contributed by atoms with Crippen LogP contribution in [0.5, 0.6) is 11.5 Å². The van der Waals surface area contributed by atoms with Crippen LogP contribution in [0.15, 0.2) is 146 Å². The van der Waals surface area contributed by atoms with Gasteiger partial charge in [-0.2, -0.15) is 0 Å². The molecule has 6 aromatic carbocycles. The van der Waals surface area contributed by atoms with Gasteiger partial charge in [-0.25, -0.2) is 4.98 Å². The summed E-state index contributed by atoms with van der Waals surface area (Å²) in [4.78, 5) is 9.77. The van der Waals surface area contributed by atoms with E-state index in [0.717, 1.165) is 50.6 Å². The highest BCUT2D eigenvalue weighted by Gasteiger charge is 2.30. The number of rotatable bonds is 6. The Balaban J connectivity index is 1.17. The Labute approximate surface area is 336 Å². The molecule has 5 heteroatoms. The molecule has 2 aromatic heterocycles. The highest BCUT2D eigenvalue weighted by molar-refractivity contribution is 6.09. The highest BCUT2D eigenvalue weighted by atomic mass is 16.5. The fourth-order valence-electron chi connectivity index (χ4n) is 8.09. The van der Waals surface area contributed by atoms with Crippen molar-refractivity contribution >= 4 is 44.6 Å². The van der Waals surface area contributed by atoms with Crippen molar-refractivity contribution in [3.63, 3.8) is 0 Å². The van der Waals surface area contributed by atoms with E-state index in [0.29, 0.717) is 6.67 Å². The van der Waals surface area contributed by atoms with Crippen molar-refractivity contribution in [2.75, 3.05) is 16.5 Å². The van der Waals surface area contributed by atoms with Crippen LogP contribution in [0.2, 0.25) is 0 Å². The van der Waals surface area contributed by atoms with E-state index >= 15 is 0 Å². The number of para-hydroxylation sites is 1. The highest BCUT2D eigenvalue weighted by Crippen LogP contribution is 2.48. The molecule has 0 fully saturated rings. The molecule has 0 bridgehead atoms. The molecule has 0 spiro atoms. The van der Waals surface area contributed by atoms with Gasteiger partial charge in [0.2, 0.25) is 0 Å². The summed E-state index contributed by atoms with van der Waals surface area (Å²) in [5.74, 6) is 2.44. The molecular formula is C52H50N4O. The molecule has 57 heavy (non-hydrogen) atoms. The van der Waals surface area contributed by atoms with Crippen molar-refractivity contribution in [1.29, 1.82) is 0 Å². The summed E-state index contributed by atoms with van der Waals surface area (Å²) in [6, 6.07) is 50.3. The Morgan fingerprint density at radius 1 is 0.509 bits per heavy atom. The van der Waals surface area contributed by atoms with Crippen molar-refractivity contribution in [2.45, 2.75) is 66.2 Å². The quantitative estimate of drug-likeness (QED) is 0.170. The summed E-state index contributed by atoms with van der Waals surface area (Å²) in [6.07, 6.45) is 1.93. The largest absolute Gasteiger partial charge is 0.457 e. The summed E-state index contributed by atoms with van der Waals surface area (Å²) >= 11 is 0. The maximum Gasteiger partial charge on any atom is 0.137 e. The Morgan fingerprint density at radius 3 is 1.91 bits per heavy atom. The smallest absolute Gasteiger partial charge is 0.137 e. The van der Waals surface area contributed by atoms with Gasteiger partial charge in [0.25, 0.3) is 0 Å². The number of aryl methyl sites for hydroxylation is 2. The fourth-order valence-corrected chi connectivity index (χ4v) is 8.09. The van der Waals surface area contributed by atoms with Gasteiger partial charge in [-0.1, -0.05) is 102 Å². The molecular weight excluding hydrogens is 697 g/mol. The van der Waals surface area contributed by atoms with Gasteiger partial charge in [0.15, 0.2) is 0 Å². The zero-order valence-corrected chi connectivity index (χ0v) is 34.3. The maximum atomic E-state index is 6.94. The van der Waals surface area contributed by atoms with Gasteiger partial charge < -0.3 is 14.5 Å². The number of fused-ring (bicyclic) bond motifs is 4. The number of ether oxygens (including phenoxy) is 1. The Bertz CT molecular complexity index is 2800. The molecule has 9 rings (SSSR count). The predicted molar refractivity (Wildman–Crippen MR) is 239 cm³/mol. The first-order chi connectivity index (χ1) is 27.3.